The van der Waals surface area contributed by atoms with Crippen molar-refractivity contribution in [3.8, 4) is 0 Å². The van der Waals surface area contributed by atoms with Gasteiger partial charge in [-0.25, -0.2) is 0 Å². The average Bonchev–Trinajstić information content (AvgIpc) is 2.46. The fraction of sp³-hybridized carbons (Fsp3) is 1.00. The quantitative estimate of drug-likeness (QED) is 0.386. The number of nitroso groups, excluding NO2 is 3. The third-order valence-electron chi connectivity index (χ3n) is 5.00. The zero-order valence-corrected chi connectivity index (χ0v) is 14.0. The molecule has 0 heterocycles. The summed E-state index contributed by atoms with van der Waals surface area (Å²) in [5.41, 5.74) is 0.537. The maximum atomic E-state index is 10.8. The normalized spacial score (nSPS) is 18.6. The Balaban J connectivity index is 5.62. The van der Waals surface area contributed by atoms with Crippen LogP contribution in [0.2, 0.25) is 23.2 Å². The highest BCUT2D eigenvalue weighted by atomic mass is 28.3. The Bertz CT molecular complexity index is 270. The third-order valence-corrected chi connectivity index (χ3v) is 12.1. The van der Waals surface area contributed by atoms with Crippen LogP contribution < -0.4 is 0 Å². The first kappa shape index (κ1) is 19.0. The predicted molar refractivity (Wildman–Crippen MR) is 85.7 cm³/mol. The second-order valence-electron chi connectivity index (χ2n) is 5.62. The van der Waals surface area contributed by atoms with Gasteiger partial charge in [-0.05, 0) is 16.6 Å². The lowest BCUT2D eigenvalue weighted by Gasteiger charge is -2.45. The SMILES string of the molecule is CCC(CN=O)[Si](C)(C(CC)CN=O)C(CC)CN=O. The summed E-state index contributed by atoms with van der Waals surface area (Å²) in [6.45, 7) is 9.14. The van der Waals surface area contributed by atoms with Crippen LogP contribution in [0.3, 0.4) is 0 Å². The van der Waals surface area contributed by atoms with E-state index in [4.69, 9.17) is 0 Å². The van der Waals surface area contributed by atoms with Crippen LogP contribution in [0, 0.1) is 14.7 Å². The number of hydrogen-bond donors (Lipinski definition) is 0. The molecule has 0 aromatic carbocycles. The van der Waals surface area contributed by atoms with Gasteiger partial charge in [0.2, 0.25) is 0 Å². The molecule has 0 aliphatic rings. The molecule has 7 heteroatoms. The van der Waals surface area contributed by atoms with Crippen LogP contribution in [0.5, 0.6) is 0 Å². The van der Waals surface area contributed by atoms with Crippen molar-refractivity contribution in [1.29, 1.82) is 0 Å². The Hall–Kier alpha value is -0.983. The smallest absolute Gasteiger partial charge is 0.0816 e. The van der Waals surface area contributed by atoms with Crippen molar-refractivity contribution in [1.82, 2.24) is 0 Å². The van der Waals surface area contributed by atoms with Crippen LogP contribution in [0.15, 0.2) is 15.5 Å². The second-order valence-corrected chi connectivity index (χ2v) is 10.8. The highest BCUT2D eigenvalue weighted by Crippen LogP contribution is 2.47. The Morgan fingerprint density at radius 1 is 0.700 bits per heavy atom. The van der Waals surface area contributed by atoms with Gasteiger partial charge < -0.3 is 0 Å². The summed E-state index contributed by atoms with van der Waals surface area (Å²) in [4.78, 5) is 32.3. The molecule has 0 aliphatic heterocycles. The minimum atomic E-state index is -2.08. The number of rotatable bonds is 12. The van der Waals surface area contributed by atoms with Gasteiger partial charge in [0.05, 0.1) is 27.7 Å². The molecule has 0 spiro atoms. The molecule has 3 unspecified atom stereocenters. The molecular weight excluding hydrogens is 274 g/mol. The van der Waals surface area contributed by atoms with Crippen LogP contribution >= 0.6 is 0 Å². The lowest BCUT2D eigenvalue weighted by atomic mass is 10.3. The highest BCUT2D eigenvalue weighted by molar-refractivity contribution is 6.83. The van der Waals surface area contributed by atoms with Crippen molar-refractivity contribution in [3.63, 3.8) is 0 Å². The molecule has 0 N–H and O–H groups in total. The van der Waals surface area contributed by atoms with E-state index in [9.17, 15) is 14.7 Å². The summed E-state index contributed by atoms with van der Waals surface area (Å²) in [5.74, 6) is 0. The van der Waals surface area contributed by atoms with Crippen LogP contribution in [0.4, 0.5) is 0 Å². The van der Waals surface area contributed by atoms with Gasteiger partial charge in [0.15, 0.2) is 0 Å². The van der Waals surface area contributed by atoms with E-state index in [1.807, 2.05) is 20.8 Å². The molecule has 0 fully saturated rings. The molecule has 0 aliphatic carbocycles. The van der Waals surface area contributed by atoms with Gasteiger partial charge in [0, 0.05) is 0 Å². The van der Waals surface area contributed by atoms with Gasteiger partial charge in [0.1, 0.15) is 0 Å². The summed E-state index contributed by atoms with van der Waals surface area (Å²) in [6.07, 6.45) is 2.54. The highest BCUT2D eigenvalue weighted by Gasteiger charge is 2.47. The van der Waals surface area contributed by atoms with E-state index in [-0.39, 0.29) is 36.3 Å². The van der Waals surface area contributed by atoms with Crippen molar-refractivity contribution in [2.75, 3.05) is 19.6 Å². The molecule has 0 aromatic heterocycles. The summed E-state index contributed by atoms with van der Waals surface area (Å²) < 4.78 is 0. The van der Waals surface area contributed by atoms with Gasteiger partial charge >= 0.3 is 0 Å². The monoisotopic (exact) mass is 301 g/mol. The van der Waals surface area contributed by atoms with E-state index >= 15 is 0 Å². The van der Waals surface area contributed by atoms with Gasteiger partial charge in [-0.15, -0.1) is 0 Å². The lowest BCUT2D eigenvalue weighted by Crippen LogP contribution is -2.49. The van der Waals surface area contributed by atoms with Crippen molar-refractivity contribution >= 4 is 8.07 Å². The van der Waals surface area contributed by atoms with E-state index in [1.165, 1.54) is 0 Å². The lowest BCUT2D eigenvalue weighted by molar-refractivity contribution is 0.633. The minimum absolute atomic E-state index is 0.179. The Morgan fingerprint density at radius 3 is 1.10 bits per heavy atom. The topological polar surface area (TPSA) is 88.3 Å². The molecule has 0 saturated carbocycles. The van der Waals surface area contributed by atoms with Crippen LogP contribution in [0.25, 0.3) is 0 Å². The Morgan fingerprint density at radius 2 is 0.950 bits per heavy atom. The van der Waals surface area contributed by atoms with E-state index < -0.39 is 8.07 Å². The third kappa shape index (κ3) is 4.26. The molecule has 0 aromatic rings. The predicted octanol–water partition coefficient (Wildman–Crippen LogP) is 4.70. The van der Waals surface area contributed by atoms with Gasteiger partial charge in [-0.1, -0.05) is 62.1 Å². The summed E-state index contributed by atoms with van der Waals surface area (Å²) in [6, 6.07) is 0. The maximum Gasteiger partial charge on any atom is 0.0816 e. The fourth-order valence-corrected chi connectivity index (χ4v) is 9.61. The Kier molecular flexibility index (Phi) is 9.36. The number of nitrogens with zero attached hydrogens (tertiary/aromatic N) is 3. The number of hydrogen-bond acceptors (Lipinski definition) is 6. The van der Waals surface area contributed by atoms with E-state index in [1.54, 1.807) is 0 Å². The van der Waals surface area contributed by atoms with E-state index in [0.29, 0.717) is 0 Å². The summed E-state index contributed by atoms with van der Waals surface area (Å²) >= 11 is 0. The van der Waals surface area contributed by atoms with Crippen molar-refractivity contribution < 1.29 is 0 Å². The Labute approximate surface area is 122 Å². The molecule has 0 saturated heterocycles. The second kappa shape index (κ2) is 9.85. The molecule has 0 amide bonds. The molecule has 116 valence electrons. The average molecular weight is 301 g/mol. The van der Waals surface area contributed by atoms with E-state index in [0.717, 1.165) is 19.3 Å². The zero-order chi connectivity index (χ0) is 15.6. The maximum absolute atomic E-state index is 10.8. The van der Waals surface area contributed by atoms with Crippen LogP contribution in [-0.2, 0) is 0 Å². The first-order valence-corrected chi connectivity index (χ1v) is 10.2. The molecule has 0 rings (SSSR count). The van der Waals surface area contributed by atoms with Crippen molar-refractivity contribution in [2.24, 2.45) is 15.5 Å². The van der Waals surface area contributed by atoms with E-state index in [2.05, 4.69) is 22.1 Å². The first-order valence-electron chi connectivity index (χ1n) is 7.43. The fourth-order valence-electron chi connectivity index (χ4n) is 3.57. The van der Waals surface area contributed by atoms with Crippen LogP contribution in [-0.4, -0.2) is 27.7 Å². The molecule has 0 bridgehead atoms. The molecular formula is C13H27N3O3Si. The van der Waals surface area contributed by atoms with Gasteiger partial charge in [-0.2, -0.15) is 14.7 Å². The minimum Gasteiger partial charge on any atom is -0.151 e. The standard InChI is InChI=1S/C13H27N3O3Si/c1-5-11(8-14-17)20(4,12(6-2)9-15-18)13(7-3)10-16-19/h11-13H,5-10H2,1-4H3. The molecule has 3 atom stereocenters. The van der Waals surface area contributed by atoms with Crippen LogP contribution in [0.1, 0.15) is 40.0 Å². The molecule has 0 radical (unpaired) electrons. The largest absolute Gasteiger partial charge is 0.151 e. The zero-order valence-electron chi connectivity index (χ0n) is 13.0. The first-order chi connectivity index (χ1) is 9.56. The van der Waals surface area contributed by atoms with Gasteiger partial charge in [0.25, 0.3) is 0 Å². The molecule has 20 heavy (non-hydrogen) atoms. The molecule has 6 nitrogen and oxygen atoms in total. The van der Waals surface area contributed by atoms with Crippen molar-refractivity contribution in [3.05, 3.63) is 14.7 Å². The van der Waals surface area contributed by atoms with Gasteiger partial charge in [-0.3, -0.25) is 0 Å². The summed E-state index contributed by atoms with van der Waals surface area (Å²) in [7, 11) is -2.08. The summed E-state index contributed by atoms with van der Waals surface area (Å²) in [5, 5.41) is 9.28. The van der Waals surface area contributed by atoms with Crippen molar-refractivity contribution in [2.45, 2.75) is 63.2 Å².